The number of thioether (sulfide) groups is 1. The minimum Gasteiger partial charge on any atom is -0.490 e. The average Bonchev–Trinajstić information content (AvgIpc) is 2.89. The smallest absolute Gasteiger partial charge is 0.298 e. The van der Waals surface area contributed by atoms with Crippen molar-refractivity contribution in [1.82, 2.24) is 0 Å². The zero-order valence-electron chi connectivity index (χ0n) is 13.1. The van der Waals surface area contributed by atoms with E-state index < -0.39 is 0 Å². The molecule has 0 radical (unpaired) electrons. The summed E-state index contributed by atoms with van der Waals surface area (Å²) in [7, 11) is 0. The van der Waals surface area contributed by atoms with Crippen LogP contribution in [0.25, 0.3) is 6.08 Å². The maximum Gasteiger partial charge on any atom is 0.298 e. The van der Waals surface area contributed by atoms with Crippen LogP contribution in [0, 0.1) is 0 Å². The van der Waals surface area contributed by atoms with Gasteiger partial charge in [-0.1, -0.05) is 36.4 Å². The van der Waals surface area contributed by atoms with Gasteiger partial charge < -0.3 is 4.74 Å². The first-order valence-corrected chi connectivity index (χ1v) is 8.65. The van der Waals surface area contributed by atoms with Crippen molar-refractivity contribution in [3.05, 3.63) is 76.7 Å². The Balaban J connectivity index is 1.80. The molecule has 2 amide bonds. The summed E-state index contributed by atoms with van der Waals surface area (Å²) in [4.78, 5) is 26.3. The number of nitrogens with zero attached hydrogens (tertiary/aromatic N) is 1. The molecular weight excluding hydrogens is 358 g/mol. The highest BCUT2D eigenvalue weighted by Gasteiger charge is 2.36. The van der Waals surface area contributed by atoms with Crippen molar-refractivity contribution in [1.29, 1.82) is 0 Å². The van der Waals surface area contributed by atoms with Crippen molar-refractivity contribution in [2.45, 2.75) is 0 Å². The second kappa shape index (κ2) is 7.59. The Labute approximate surface area is 154 Å². The van der Waals surface area contributed by atoms with E-state index >= 15 is 0 Å². The number of imide groups is 1. The third-order valence-electron chi connectivity index (χ3n) is 3.42. The highest BCUT2D eigenvalue weighted by molar-refractivity contribution is 8.19. The number of hydrogen-bond donors (Lipinski definition) is 0. The van der Waals surface area contributed by atoms with E-state index in [0.717, 1.165) is 22.2 Å². The first-order chi connectivity index (χ1) is 12.1. The van der Waals surface area contributed by atoms with Gasteiger partial charge in [0, 0.05) is 5.02 Å². The molecule has 126 valence electrons. The van der Waals surface area contributed by atoms with Gasteiger partial charge in [-0.3, -0.25) is 9.59 Å². The van der Waals surface area contributed by atoms with Crippen LogP contribution in [0.15, 0.2) is 66.1 Å². The molecule has 2 aromatic carbocycles. The Morgan fingerprint density at radius 3 is 2.40 bits per heavy atom. The summed E-state index contributed by atoms with van der Waals surface area (Å²) in [5.74, 6) is 0.371. The topological polar surface area (TPSA) is 46.6 Å². The van der Waals surface area contributed by atoms with E-state index in [-0.39, 0.29) is 11.1 Å². The van der Waals surface area contributed by atoms with Crippen LogP contribution in [-0.2, 0) is 4.79 Å². The van der Waals surface area contributed by atoms with Crippen LogP contribution >= 0.6 is 23.4 Å². The molecular formula is C19H14ClNO3S. The molecule has 3 rings (SSSR count). The maximum absolute atomic E-state index is 12.6. The summed E-state index contributed by atoms with van der Waals surface area (Å²) in [6, 6.07) is 13.8. The van der Waals surface area contributed by atoms with Crippen molar-refractivity contribution >= 4 is 46.3 Å². The van der Waals surface area contributed by atoms with Gasteiger partial charge in [0.1, 0.15) is 12.4 Å². The van der Waals surface area contributed by atoms with Crippen molar-refractivity contribution in [3.8, 4) is 5.75 Å². The van der Waals surface area contributed by atoms with Crippen LogP contribution in [0.5, 0.6) is 5.75 Å². The normalized spacial score (nSPS) is 15.7. The Hall–Kier alpha value is -2.50. The molecule has 1 aliphatic heterocycles. The van der Waals surface area contributed by atoms with Crippen LogP contribution in [0.4, 0.5) is 10.5 Å². The second-order valence-electron chi connectivity index (χ2n) is 5.16. The maximum atomic E-state index is 12.6. The summed E-state index contributed by atoms with van der Waals surface area (Å²) in [6.07, 6.45) is 3.36. The fourth-order valence-corrected chi connectivity index (χ4v) is 3.21. The van der Waals surface area contributed by atoms with Gasteiger partial charge in [-0.15, -0.1) is 0 Å². The standard InChI is InChI=1S/C19H14ClNO3S/c1-2-11-24-16-9-3-13(4-10-16)12-17-18(22)21(19(23)25-17)15-7-5-14(20)6-8-15/h2-10,12H,1,11H2. The first-order valence-electron chi connectivity index (χ1n) is 7.46. The number of carbonyl (C=O) groups excluding carboxylic acids is 2. The summed E-state index contributed by atoms with van der Waals surface area (Å²) in [5, 5.41) is 0.217. The molecule has 0 N–H and O–H groups in total. The number of anilines is 1. The number of benzene rings is 2. The van der Waals surface area contributed by atoms with Gasteiger partial charge in [0.2, 0.25) is 0 Å². The molecule has 0 saturated carbocycles. The number of hydrogen-bond acceptors (Lipinski definition) is 4. The number of ether oxygens (including phenoxy) is 1. The number of carbonyl (C=O) groups is 2. The summed E-state index contributed by atoms with van der Waals surface area (Å²) in [5.41, 5.74) is 1.32. The molecule has 0 unspecified atom stereocenters. The molecule has 1 aliphatic rings. The Morgan fingerprint density at radius 1 is 1.08 bits per heavy atom. The molecule has 1 saturated heterocycles. The second-order valence-corrected chi connectivity index (χ2v) is 6.59. The molecule has 25 heavy (non-hydrogen) atoms. The SMILES string of the molecule is C=CCOc1ccc(C=C2SC(=O)N(c3ccc(Cl)cc3)C2=O)cc1. The summed E-state index contributed by atoms with van der Waals surface area (Å²) < 4.78 is 5.42. The van der Waals surface area contributed by atoms with E-state index in [1.54, 1.807) is 48.6 Å². The number of rotatable bonds is 5. The van der Waals surface area contributed by atoms with Crippen molar-refractivity contribution < 1.29 is 14.3 Å². The lowest BCUT2D eigenvalue weighted by atomic mass is 10.2. The van der Waals surface area contributed by atoms with Gasteiger partial charge >= 0.3 is 0 Å². The molecule has 4 nitrogen and oxygen atoms in total. The Kier molecular flexibility index (Phi) is 5.26. The lowest BCUT2D eigenvalue weighted by Crippen LogP contribution is -2.27. The number of amides is 2. The van der Waals surface area contributed by atoms with E-state index in [1.807, 2.05) is 12.1 Å². The fraction of sp³-hybridized carbons (Fsp3) is 0.0526. The van der Waals surface area contributed by atoms with E-state index in [9.17, 15) is 9.59 Å². The Morgan fingerprint density at radius 2 is 1.76 bits per heavy atom. The Bertz CT molecular complexity index is 844. The lowest BCUT2D eigenvalue weighted by molar-refractivity contribution is -0.113. The van der Waals surface area contributed by atoms with Crippen molar-refractivity contribution in [2.24, 2.45) is 0 Å². The third-order valence-corrected chi connectivity index (χ3v) is 4.55. The van der Waals surface area contributed by atoms with E-state index in [2.05, 4.69) is 6.58 Å². The molecule has 0 bridgehead atoms. The summed E-state index contributed by atoms with van der Waals surface area (Å²) in [6.45, 7) is 4.03. The molecule has 0 aliphatic carbocycles. The van der Waals surface area contributed by atoms with E-state index in [1.165, 1.54) is 0 Å². The minimum absolute atomic E-state index is 0.329. The van der Waals surface area contributed by atoms with E-state index in [4.69, 9.17) is 16.3 Å². The largest absolute Gasteiger partial charge is 0.490 e. The molecule has 1 fully saturated rings. The van der Waals surface area contributed by atoms with Crippen LogP contribution in [0.1, 0.15) is 5.56 Å². The lowest BCUT2D eigenvalue weighted by Gasteiger charge is -2.12. The zero-order chi connectivity index (χ0) is 17.8. The van der Waals surface area contributed by atoms with Crippen molar-refractivity contribution in [2.75, 3.05) is 11.5 Å². The predicted molar refractivity (Wildman–Crippen MR) is 102 cm³/mol. The minimum atomic E-state index is -0.343. The quantitative estimate of drug-likeness (QED) is 0.539. The summed E-state index contributed by atoms with van der Waals surface area (Å²) >= 11 is 6.77. The van der Waals surface area contributed by atoms with Crippen LogP contribution in [-0.4, -0.2) is 17.8 Å². The number of halogens is 1. The van der Waals surface area contributed by atoms with Crippen LogP contribution in [0.2, 0.25) is 5.02 Å². The highest BCUT2D eigenvalue weighted by atomic mass is 35.5. The first kappa shape index (κ1) is 17.3. The van der Waals surface area contributed by atoms with Gasteiger partial charge in [-0.2, -0.15) is 0 Å². The zero-order valence-corrected chi connectivity index (χ0v) is 14.7. The van der Waals surface area contributed by atoms with Crippen LogP contribution < -0.4 is 9.64 Å². The highest BCUT2D eigenvalue weighted by Crippen LogP contribution is 2.36. The molecule has 2 aromatic rings. The van der Waals surface area contributed by atoms with Gasteiger partial charge in [-0.05, 0) is 59.8 Å². The van der Waals surface area contributed by atoms with Gasteiger partial charge in [-0.25, -0.2) is 4.90 Å². The molecule has 1 heterocycles. The predicted octanol–water partition coefficient (Wildman–Crippen LogP) is 5.15. The molecule has 6 heteroatoms. The fourth-order valence-electron chi connectivity index (χ4n) is 2.25. The third kappa shape index (κ3) is 3.95. The molecule has 0 atom stereocenters. The average molecular weight is 372 g/mol. The van der Waals surface area contributed by atoms with Gasteiger partial charge in [0.15, 0.2) is 0 Å². The van der Waals surface area contributed by atoms with Gasteiger partial charge in [0.25, 0.3) is 11.1 Å². The molecule has 0 aromatic heterocycles. The van der Waals surface area contributed by atoms with Crippen molar-refractivity contribution in [3.63, 3.8) is 0 Å². The monoisotopic (exact) mass is 371 g/mol. The van der Waals surface area contributed by atoms with Gasteiger partial charge in [0.05, 0.1) is 10.6 Å². The molecule has 0 spiro atoms. The van der Waals surface area contributed by atoms with Crippen LogP contribution in [0.3, 0.4) is 0 Å². The van der Waals surface area contributed by atoms with E-state index in [0.29, 0.717) is 28.0 Å².